The molecule has 0 heterocycles. The summed E-state index contributed by atoms with van der Waals surface area (Å²) in [4.78, 5) is 14.9. The molecule has 1 fully saturated rings. The number of carbonyl (C=O) groups is 1. The van der Waals surface area contributed by atoms with Crippen LogP contribution in [0, 0.1) is 5.92 Å². The average molecular weight is 309 g/mol. The summed E-state index contributed by atoms with van der Waals surface area (Å²) in [5.74, 6) is 1.58. The highest BCUT2D eigenvalue weighted by Gasteiger charge is 2.35. The van der Waals surface area contributed by atoms with E-state index in [2.05, 4.69) is 6.92 Å². The Morgan fingerprint density at radius 1 is 1.13 bits per heavy atom. The Labute approximate surface area is 137 Å². The molecule has 1 saturated carbocycles. The van der Waals surface area contributed by atoms with Crippen molar-refractivity contribution in [1.29, 1.82) is 0 Å². The van der Waals surface area contributed by atoms with Crippen molar-refractivity contribution in [2.45, 2.75) is 32.2 Å². The lowest BCUT2D eigenvalue weighted by atomic mass is 10.1. The third kappa shape index (κ3) is 3.73. The normalized spacial score (nSPS) is 15.0. The third-order valence-corrected chi connectivity index (χ3v) is 4.53. The number of methoxy groups -OCH3 is 1. The fraction of sp³-hybridized carbons (Fsp3) is 0.350. The standard InChI is InChI=1S/C20H23NO2/c1-15(17-8-9-17)21(18-10-12-19(23-2)13-11-18)20(22)14-16-6-4-3-5-7-16/h3-7,10-13,15,17H,8-9,14H2,1-2H3. The molecule has 2 aromatic carbocycles. The van der Waals surface area contributed by atoms with Gasteiger partial charge in [0, 0.05) is 11.7 Å². The molecule has 0 aromatic heterocycles. The van der Waals surface area contributed by atoms with Crippen LogP contribution in [0.3, 0.4) is 0 Å². The zero-order valence-electron chi connectivity index (χ0n) is 13.7. The van der Waals surface area contributed by atoms with Crippen LogP contribution < -0.4 is 9.64 Å². The first-order valence-electron chi connectivity index (χ1n) is 8.19. The number of benzene rings is 2. The molecule has 0 aliphatic heterocycles. The minimum Gasteiger partial charge on any atom is -0.497 e. The van der Waals surface area contributed by atoms with Crippen LogP contribution in [0.4, 0.5) is 5.69 Å². The topological polar surface area (TPSA) is 29.5 Å². The van der Waals surface area contributed by atoms with Gasteiger partial charge in [0.25, 0.3) is 0 Å². The first-order valence-corrected chi connectivity index (χ1v) is 8.19. The van der Waals surface area contributed by atoms with E-state index in [1.807, 2.05) is 59.5 Å². The van der Waals surface area contributed by atoms with E-state index in [0.717, 1.165) is 17.0 Å². The van der Waals surface area contributed by atoms with Crippen LogP contribution in [0.5, 0.6) is 5.75 Å². The van der Waals surface area contributed by atoms with Gasteiger partial charge in [-0.3, -0.25) is 4.79 Å². The molecule has 0 bridgehead atoms. The average Bonchev–Trinajstić information content (AvgIpc) is 3.41. The number of anilines is 1. The molecule has 0 spiro atoms. The van der Waals surface area contributed by atoms with Crippen molar-refractivity contribution in [3.63, 3.8) is 0 Å². The molecular formula is C20H23NO2. The van der Waals surface area contributed by atoms with E-state index in [0.29, 0.717) is 12.3 Å². The number of hydrogen-bond donors (Lipinski definition) is 0. The van der Waals surface area contributed by atoms with Crippen molar-refractivity contribution in [1.82, 2.24) is 0 Å². The molecule has 23 heavy (non-hydrogen) atoms. The van der Waals surface area contributed by atoms with Crippen molar-refractivity contribution in [3.05, 3.63) is 60.2 Å². The molecule has 1 amide bonds. The van der Waals surface area contributed by atoms with Gasteiger partial charge in [0.05, 0.1) is 13.5 Å². The second-order valence-electron chi connectivity index (χ2n) is 6.20. The molecule has 0 saturated heterocycles. The predicted octanol–water partition coefficient (Wildman–Crippen LogP) is 4.07. The molecule has 3 rings (SSSR count). The van der Waals surface area contributed by atoms with Crippen molar-refractivity contribution in [2.75, 3.05) is 12.0 Å². The zero-order chi connectivity index (χ0) is 16.2. The molecule has 1 aliphatic carbocycles. The fourth-order valence-electron chi connectivity index (χ4n) is 2.99. The molecule has 3 heteroatoms. The summed E-state index contributed by atoms with van der Waals surface area (Å²) in [6.45, 7) is 2.16. The Hall–Kier alpha value is -2.29. The summed E-state index contributed by atoms with van der Waals surface area (Å²) in [5, 5.41) is 0. The molecule has 1 unspecified atom stereocenters. The van der Waals surface area contributed by atoms with Crippen LogP contribution in [-0.2, 0) is 11.2 Å². The number of ether oxygens (including phenoxy) is 1. The maximum absolute atomic E-state index is 12.9. The van der Waals surface area contributed by atoms with Gasteiger partial charge in [0.2, 0.25) is 5.91 Å². The lowest BCUT2D eigenvalue weighted by Crippen LogP contribution is -2.41. The van der Waals surface area contributed by atoms with Crippen molar-refractivity contribution < 1.29 is 9.53 Å². The minimum atomic E-state index is 0.153. The van der Waals surface area contributed by atoms with Gasteiger partial charge in [-0.1, -0.05) is 30.3 Å². The van der Waals surface area contributed by atoms with Gasteiger partial charge in [0.1, 0.15) is 5.75 Å². The summed E-state index contributed by atoms with van der Waals surface area (Å²) >= 11 is 0. The summed E-state index contributed by atoms with van der Waals surface area (Å²) in [5.41, 5.74) is 2.00. The predicted molar refractivity (Wildman–Crippen MR) is 92.8 cm³/mol. The maximum Gasteiger partial charge on any atom is 0.231 e. The summed E-state index contributed by atoms with van der Waals surface area (Å²) < 4.78 is 5.22. The van der Waals surface area contributed by atoms with Crippen LogP contribution in [0.1, 0.15) is 25.3 Å². The number of rotatable bonds is 6. The highest BCUT2D eigenvalue weighted by molar-refractivity contribution is 5.95. The van der Waals surface area contributed by atoms with Gasteiger partial charge < -0.3 is 9.64 Å². The minimum absolute atomic E-state index is 0.153. The van der Waals surface area contributed by atoms with Gasteiger partial charge in [-0.25, -0.2) is 0 Å². The highest BCUT2D eigenvalue weighted by atomic mass is 16.5. The molecular weight excluding hydrogens is 286 g/mol. The monoisotopic (exact) mass is 309 g/mol. The van der Waals surface area contributed by atoms with E-state index in [1.165, 1.54) is 12.8 Å². The van der Waals surface area contributed by atoms with Crippen molar-refractivity contribution >= 4 is 11.6 Å². The van der Waals surface area contributed by atoms with E-state index in [1.54, 1.807) is 7.11 Å². The zero-order valence-corrected chi connectivity index (χ0v) is 13.7. The van der Waals surface area contributed by atoms with E-state index < -0.39 is 0 Å². The van der Waals surface area contributed by atoms with Crippen LogP contribution in [0.15, 0.2) is 54.6 Å². The smallest absolute Gasteiger partial charge is 0.231 e. The molecule has 0 radical (unpaired) electrons. The molecule has 3 nitrogen and oxygen atoms in total. The fourth-order valence-corrected chi connectivity index (χ4v) is 2.99. The Morgan fingerprint density at radius 2 is 1.78 bits per heavy atom. The van der Waals surface area contributed by atoms with Gasteiger partial charge in [-0.15, -0.1) is 0 Å². The Kier molecular flexibility index (Phi) is 4.65. The first kappa shape index (κ1) is 15.6. The van der Waals surface area contributed by atoms with Crippen molar-refractivity contribution in [3.8, 4) is 5.75 Å². The number of hydrogen-bond acceptors (Lipinski definition) is 2. The van der Waals surface area contributed by atoms with Gasteiger partial charge in [-0.05, 0) is 55.5 Å². The quantitative estimate of drug-likeness (QED) is 0.805. The van der Waals surface area contributed by atoms with E-state index >= 15 is 0 Å². The number of nitrogens with zero attached hydrogens (tertiary/aromatic N) is 1. The van der Waals surface area contributed by atoms with Gasteiger partial charge >= 0.3 is 0 Å². The largest absolute Gasteiger partial charge is 0.497 e. The molecule has 1 aliphatic rings. The molecule has 0 N–H and O–H groups in total. The Balaban J connectivity index is 1.83. The number of amides is 1. The Morgan fingerprint density at radius 3 is 2.35 bits per heavy atom. The lowest BCUT2D eigenvalue weighted by Gasteiger charge is -2.30. The first-order chi connectivity index (χ1) is 11.2. The summed E-state index contributed by atoms with van der Waals surface area (Å²) in [7, 11) is 1.65. The van der Waals surface area contributed by atoms with Gasteiger partial charge in [-0.2, -0.15) is 0 Å². The number of carbonyl (C=O) groups excluding carboxylic acids is 1. The van der Waals surface area contributed by atoms with Crippen LogP contribution in [0.2, 0.25) is 0 Å². The third-order valence-electron chi connectivity index (χ3n) is 4.53. The summed E-state index contributed by atoms with van der Waals surface area (Å²) in [6.07, 6.45) is 2.86. The lowest BCUT2D eigenvalue weighted by molar-refractivity contribution is -0.118. The van der Waals surface area contributed by atoms with E-state index in [4.69, 9.17) is 4.74 Å². The molecule has 120 valence electrons. The second-order valence-corrected chi connectivity index (χ2v) is 6.20. The highest BCUT2D eigenvalue weighted by Crippen LogP contribution is 2.37. The molecule has 1 atom stereocenters. The molecule has 2 aromatic rings. The second kappa shape index (κ2) is 6.86. The van der Waals surface area contributed by atoms with Crippen molar-refractivity contribution in [2.24, 2.45) is 5.92 Å². The van der Waals surface area contributed by atoms with Crippen LogP contribution >= 0.6 is 0 Å². The van der Waals surface area contributed by atoms with E-state index in [-0.39, 0.29) is 11.9 Å². The maximum atomic E-state index is 12.9. The van der Waals surface area contributed by atoms with Crippen LogP contribution in [-0.4, -0.2) is 19.1 Å². The van der Waals surface area contributed by atoms with Gasteiger partial charge in [0.15, 0.2) is 0 Å². The SMILES string of the molecule is COc1ccc(N(C(=O)Cc2ccccc2)C(C)C2CC2)cc1. The Bertz CT molecular complexity index is 647. The van der Waals surface area contributed by atoms with Crippen LogP contribution in [0.25, 0.3) is 0 Å². The van der Waals surface area contributed by atoms with E-state index in [9.17, 15) is 4.79 Å². The summed E-state index contributed by atoms with van der Waals surface area (Å²) in [6, 6.07) is 17.9.